The average Bonchev–Trinajstić information content (AvgIpc) is 2.54. The predicted octanol–water partition coefficient (Wildman–Crippen LogP) is 4.60. The Kier molecular flexibility index (Phi) is 5.39. The Hall–Kier alpha value is -1.81. The van der Waals surface area contributed by atoms with Crippen LogP contribution in [0.5, 0.6) is 11.5 Å². The number of rotatable bonds is 6. The van der Waals surface area contributed by atoms with E-state index in [1.54, 1.807) is 26.0 Å². The van der Waals surface area contributed by atoms with Gasteiger partial charge in [0.1, 0.15) is 11.5 Å². The number of benzene rings is 2. The van der Waals surface area contributed by atoms with Gasteiger partial charge in [-0.25, -0.2) is 0 Å². The minimum absolute atomic E-state index is 0.138. The fourth-order valence-electron chi connectivity index (χ4n) is 2.25. The van der Waals surface area contributed by atoms with Crippen molar-refractivity contribution in [3.63, 3.8) is 0 Å². The Morgan fingerprint density at radius 3 is 2.48 bits per heavy atom. The van der Waals surface area contributed by atoms with E-state index in [0.29, 0.717) is 0 Å². The van der Waals surface area contributed by atoms with E-state index in [9.17, 15) is 0 Å². The van der Waals surface area contributed by atoms with Gasteiger partial charge in [0.15, 0.2) is 0 Å². The molecule has 0 spiro atoms. The number of anilines is 1. The van der Waals surface area contributed by atoms with Crippen LogP contribution in [0.3, 0.4) is 0 Å². The molecule has 0 aromatic heterocycles. The lowest BCUT2D eigenvalue weighted by molar-refractivity contribution is 0.390. The van der Waals surface area contributed by atoms with Crippen LogP contribution in [0.1, 0.15) is 18.5 Å². The molecule has 0 aliphatic heterocycles. The van der Waals surface area contributed by atoms with Crippen molar-refractivity contribution in [1.82, 2.24) is 0 Å². The predicted molar refractivity (Wildman–Crippen MR) is 89.8 cm³/mol. The molecule has 0 heterocycles. The second-order valence-corrected chi connectivity index (χ2v) is 5.52. The third-order valence-corrected chi connectivity index (χ3v) is 4.18. The van der Waals surface area contributed by atoms with E-state index in [4.69, 9.17) is 9.47 Å². The number of nitrogens with one attached hydrogen (secondary N) is 1. The lowest BCUT2D eigenvalue weighted by atomic mass is 10.1. The van der Waals surface area contributed by atoms with Gasteiger partial charge in [-0.1, -0.05) is 12.1 Å². The van der Waals surface area contributed by atoms with Gasteiger partial charge < -0.3 is 14.8 Å². The van der Waals surface area contributed by atoms with E-state index in [1.165, 1.54) is 4.90 Å². The van der Waals surface area contributed by atoms with Gasteiger partial charge >= 0.3 is 0 Å². The summed E-state index contributed by atoms with van der Waals surface area (Å²) in [6.07, 6.45) is 2.08. The molecule has 3 nitrogen and oxygen atoms in total. The maximum Gasteiger partial charge on any atom is 0.127 e. The first-order chi connectivity index (χ1) is 10.2. The highest BCUT2D eigenvalue weighted by Crippen LogP contribution is 2.33. The Morgan fingerprint density at radius 2 is 1.81 bits per heavy atom. The van der Waals surface area contributed by atoms with Crippen molar-refractivity contribution in [1.29, 1.82) is 0 Å². The highest BCUT2D eigenvalue weighted by Gasteiger charge is 2.13. The highest BCUT2D eigenvalue weighted by molar-refractivity contribution is 7.98. The largest absolute Gasteiger partial charge is 0.497 e. The topological polar surface area (TPSA) is 30.5 Å². The lowest BCUT2D eigenvalue weighted by Gasteiger charge is -2.20. The molecular weight excluding hydrogens is 282 g/mol. The second-order valence-electron chi connectivity index (χ2n) is 4.67. The van der Waals surface area contributed by atoms with Crippen LogP contribution in [0.2, 0.25) is 0 Å². The highest BCUT2D eigenvalue weighted by atomic mass is 32.2. The smallest absolute Gasteiger partial charge is 0.127 e. The van der Waals surface area contributed by atoms with Crippen LogP contribution < -0.4 is 14.8 Å². The fourth-order valence-corrected chi connectivity index (χ4v) is 2.81. The first-order valence-corrected chi connectivity index (χ1v) is 8.03. The number of ether oxygens (including phenoxy) is 2. The molecule has 1 unspecified atom stereocenters. The summed E-state index contributed by atoms with van der Waals surface area (Å²) in [5, 5.41) is 3.55. The fraction of sp³-hybridized carbons (Fsp3) is 0.294. The normalized spacial score (nSPS) is 11.8. The first-order valence-electron chi connectivity index (χ1n) is 6.81. The summed E-state index contributed by atoms with van der Waals surface area (Å²) in [5.41, 5.74) is 2.24. The Bertz CT molecular complexity index is 601. The van der Waals surface area contributed by atoms with E-state index in [0.717, 1.165) is 22.7 Å². The van der Waals surface area contributed by atoms with E-state index in [1.807, 2.05) is 24.3 Å². The van der Waals surface area contributed by atoms with E-state index < -0.39 is 0 Å². The zero-order valence-electron chi connectivity index (χ0n) is 12.8. The van der Waals surface area contributed by atoms with Gasteiger partial charge in [0.05, 0.1) is 20.3 Å². The van der Waals surface area contributed by atoms with Crippen LogP contribution in [-0.2, 0) is 0 Å². The lowest BCUT2D eigenvalue weighted by Crippen LogP contribution is -2.09. The molecule has 112 valence electrons. The summed E-state index contributed by atoms with van der Waals surface area (Å²) in [6.45, 7) is 2.13. The quantitative estimate of drug-likeness (QED) is 0.790. The molecule has 4 heteroatoms. The van der Waals surface area contributed by atoms with Gasteiger partial charge in [0.25, 0.3) is 0 Å². The van der Waals surface area contributed by atoms with Gasteiger partial charge in [-0.05, 0) is 37.4 Å². The molecule has 0 radical (unpaired) electrons. The minimum Gasteiger partial charge on any atom is -0.497 e. The van der Waals surface area contributed by atoms with Crippen molar-refractivity contribution in [2.75, 3.05) is 25.8 Å². The molecule has 0 amide bonds. The Balaban J connectivity index is 2.25. The second kappa shape index (κ2) is 7.27. The van der Waals surface area contributed by atoms with E-state index in [-0.39, 0.29) is 6.04 Å². The van der Waals surface area contributed by atoms with Crippen molar-refractivity contribution in [3.8, 4) is 11.5 Å². The minimum atomic E-state index is 0.138. The van der Waals surface area contributed by atoms with Crippen LogP contribution in [-0.4, -0.2) is 20.5 Å². The summed E-state index contributed by atoms with van der Waals surface area (Å²) in [5.74, 6) is 1.63. The molecule has 2 aromatic rings. The molecule has 0 aliphatic carbocycles. The molecule has 2 aromatic carbocycles. The van der Waals surface area contributed by atoms with Crippen LogP contribution in [0.25, 0.3) is 0 Å². The van der Waals surface area contributed by atoms with Crippen molar-refractivity contribution < 1.29 is 9.47 Å². The molecule has 0 bridgehead atoms. The summed E-state index contributed by atoms with van der Waals surface area (Å²) in [4.78, 5) is 1.23. The molecule has 21 heavy (non-hydrogen) atoms. The zero-order valence-corrected chi connectivity index (χ0v) is 13.7. The monoisotopic (exact) mass is 303 g/mol. The van der Waals surface area contributed by atoms with Gasteiger partial charge in [-0.3, -0.25) is 0 Å². The van der Waals surface area contributed by atoms with Crippen molar-refractivity contribution in [2.45, 2.75) is 17.9 Å². The molecule has 0 aliphatic rings. The van der Waals surface area contributed by atoms with Gasteiger partial charge in [-0.15, -0.1) is 11.8 Å². The van der Waals surface area contributed by atoms with E-state index in [2.05, 4.69) is 36.7 Å². The van der Waals surface area contributed by atoms with Crippen LogP contribution in [0.15, 0.2) is 47.4 Å². The molecule has 0 saturated heterocycles. The number of hydrogen-bond acceptors (Lipinski definition) is 4. The first kappa shape index (κ1) is 15.6. The summed E-state index contributed by atoms with van der Waals surface area (Å²) in [6, 6.07) is 14.3. The molecule has 0 saturated carbocycles. The molecule has 0 fully saturated rings. The molecule has 1 atom stereocenters. The average molecular weight is 303 g/mol. The summed E-state index contributed by atoms with van der Waals surface area (Å²) >= 11 is 1.73. The maximum atomic E-state index is 5.48. The Labute approximate surface area is 130 Å². The SMILES string of the molecule is COc1ccc(C(C)Nc2ccccc2SC)c(OC)c1. The van der Waals surface area contributed by atoms with Crippen molar-refractivity contribution in [2.24, 2.45) is 0 Å². The summed E-state index contributed by atoms with van der Waals surface area (Å²) < 4.78 is 10.7. The maximum absolute atomic E-state index is 5.48. The standard InChI is InChI=1S/C17H21NO2S/c1-12(18-15-7-5-6-8-17(15)21-4)14-10-9-13(19-2)11-16(14)20-3/h5-12,18H,1-4H3. The number of methoxy groups -OCH3 is 2. The van der Waals surface area contributed by atoms with E-state index >= 15 is 0 Å². The summed E-state index contributed by atoms with van der Waals surface area (Å²) in [7, 11) is 3.34. The number of thioether (sulfide) groups is 1. The zero-order chi connectivity index (χ0) is 15.2. The van der Waals surface area contributed by atoms with Gasteiger partial charge in [-0.2, -0.15) is 0 Å². The molecular formula is C17H21NO2S. The van der Waals surface area contributed by atoms with Crippen molar-refractivity contribution in [3.05, 3.63) is 48.0 Å². The van der Waals surface area contributed by atoms with Gasteiger partial charge in [0, 0.05) is 22.2 Å². The van der Waals surface area contributed by atoms with Crippen LogP contribution in [0, 0.1) is 0 Å². The Morgan fingerprint density at radius 1 is 1.05 bits per heavy atom. The molecule has 1 N–H and O–H groups in total. The molecule has 2 rings (SSSR count). The van der Waals surface area contributed by atoms with Crippen LogP contribution >= 0.6 is 11.8 Å². The van der Waals surface area contributed by atoms with Crippen LogP contribution in [0.4, 0.5) is 5.69 Å². The third-order valence-electron chi connectivity index (χ3n) is 3.39. The third kappa shape index (κ3) is 3.64. The van der Waals surface area contributed by atoms with Gasteiger partial charge in [0.2, 0.25) is 0 Å². The number of para-hydroxylation sites is 1. The number of hydrogen-bond donors (Lipinski definition) is 1. The van der Waals surface area contributed by atoms with Crippen molar-refractivity contribution >= 4 is 17.4 Å².